The van der Waals surface area contributed by atoms with Crippen LogP contribution in [0.25, 0.3) is 0 Å². The summed E-state index contributed by atoms with van der Waals surface area (Å²) in [6.07, 6.45) is 4.90. The van der Waals surface area contributed by atoms with Crippen molar-refractivity contribution in [1.29, 1.82) is 0 Å². The molecule has 0 unspecified atom stereocenters. The minimum absolute atomic E-state index is 0.0585. The van der Waals surface area contributed by atoms with Gasteiger partial charge >= 0.3 is 0 Å². The Hall–Kier alpha value is -2.32. The maximum atomic E-state index is 12.7. The van der Waals surface area contributed by atoms with E-state index in [0.717, 1.165) is 21.8 Å². The smallest absolute Gasteiger partial charge is 0.164 e. The summed E-state index contributed by atoms with van der Waals surface area (Å²) in [7, 11) is 0. The molecule has 0 bridgehead atoms. The lowest BCUT2D eigenvalue weighted by Gasteiger charge is -2.12. The molecule has 164 valence electrons. The highest BCUT2D eigenvalue weighted by Crippen LogP contribution is 2.21. The lowest BCUT2D eigenvalue weighted by molar-refractivity contribution is -0.131. The Labute approximate surface area is 198 Å². The number of aliphatic imine (C=N–C) groups is 2. The third kappa shape index (κ3) is 8.03. The minimum atomic E-state index is -0.776. The average molecular weight is 552 g/mol. The first-order valence-electron chi connectivity index (χ1n) is 9.84. The highest BCUT2D eigenvalue weighted by atomic mass is 79.9. The topological polar surface area (TPSA) is 99.3 Å². The van der Waals surface area contributed by atoms with Gasteiger partial charge in [-0.15, -0.1) is 0 Å². The van der Waals surface area contributed by atoms with Gasteiger partial charge in [0.05, 0.1) is 19.0 Å². The molecule has 8 heteroatoms. The molecule has 0 aliphatic rings. The number of aromatic hydroxyl groups is 2. The number of hydrogen-bond donors (Lipinski definition) is 2. The van der Waals surface area contributed by atoms with Crippen molar-refractivity contribution in [1.82, 2.24) is 0 Å². The SMILES string of the molecule is CCCCC(C(=O)CN=Cc1cc(Br)ccc1O)C(=O)CN=Cc1cc(Br)ccc1O. The van der Waals surface area contributed by atoms with E-state index in [1.165, 1.54) is 24.6 Å². The van der Waals surface area contributed by atoms with Crippen LogP contribution in [0.4, 0.5) is 0 Å². The zero-order chi connectivity index (χ0) is 22.8. The predicted molar refractivity (Wildman–Crippen MR) is 130 cm³/mol. The second-order valence-corrected chi connectivity index (χ2v) is 8.80. The third-order valence-corrected chi connectivity index (χ3v) is 5.54. The molecule has 0 radical (unpaired) electrons. The average Bonchev–Trinajstić information content (AvgIpc) is 2.73. The number of hydrogen-bond acceptors (Lipinski definition) is 6. The minimum Gasteiger partial charge on any atom is -0.507 e. The van der Waals surface area contributed by atoms with Crippen LogP contribution >= 0.6 is 31.9 Å². The molecule has 0 saturated carbocycles. The summed E-state index contributed by atoms with van der Waals surface area (Å²) in [5.74, 6) is -1.21. The molecule has 0 saturated heterocycles. The summed E-state index contributed by atoms with van der Waals surface area (Å²) in [6, 6.07) is 9.84. The number of carbonyl (C=O) groups excluding carboxylic acids is 2. The van der Waals surface area contributed by atoms with Crippen molar-refractivity contribution >= 4 is 55.9 Å². The van der Waals surface area contributed by atoms with Crippen LogP contribution in [0.2, 0.25) is 0 Å². The summed E-state index contributed by atoms with van der Waals surface area (Å²) < 4.78 is 1.56. The quantitative estimate of drug-likeness (QED) is 0.299. The van der Waals surface area contributed by atoms with Crippen LogP contribution in [0.15, 0.2) is 55.3 Å². The number of unbranched alkanes of at least 4 members (excludes halogenated alkanes) is 1. The number of nitrogens with zero attached hydrogens (tertiary/aromatic N) is 2. The number of phenolic OH excluding ortho intramolecular Hbond substituents is 2. The maximum Gasteiger partial charge on any atom is 0.164 e. The van der Waals surface area contributed by atoms with Gasteiger partial charge in [-0.2, -0.15) is 0 Å². The number of rotatable bonds is 11. The van der Waals surface area contributed by atoms with E-state index in [4.69, 9.17) is 0 Å². The van der Waals surface area contributed by atoms with Gasteiger partial charge in [0.1, 0.15) is 11.5 Å². The van der Waals surface area contributed by atoms with Crippen LogP contribution in [-0.2, 0) is 9.59 Å². The van der Waals surface area contributed by atoms with Gasteiger partial charge in [-0.25, -0.2) is 0 Å². The summed E-state index contributed by atoms with van der Waals surface area (Å²) in [5.41, 5.74) is 0.967. The van der Waals surface area contributed by atoms with E-state index in [0.29, 0.717) is 17.5 Å². The molecule has 6 nitrogen and oxygen atoms in total. The van der Waals surface area contributed by atoms with Gasteiger partial charge < -0.3 is 10.2 Å². The van der Waals surface area contributed by atoms with Crippen molar-refractivity contribution in [3.63, 3.8) is 0 Å². The molecule has 2 aromatic carbocycles. The van der Waals surface area contributed by atoms with Gasteiger partial charge in [0.2, 0.25) is 0 Å². The molecule has 2 aromatic rings. The molecule has 0 amide bonds. The fraction of sp³-hybridized carbons (Fsp3) is 0.304. The Balaban J connectivity index is 2.03. The van der Waals surface area contributed by atoms with Crippen LogP contribution < -0.4 is 0 Å². The van der Waals surface area contributed by atoms with Gasteiger partial charge in [0.15, 0.2) is 11.6 Å². The van der Waals surface area contributed by atoms with Gasteiger partial charge in [0.25, 0.3) is 0 Å². The number of benzene rings is 2. The number of Topliss-reactive ketones (excluding diaryl/α,β-unsaturated/α-hetero) is 2. The first-order valence-corrected chi connectivity index (χ1v) is 11.4. The monoisotopic (exact) mass is 550 g/mol. The highest BCUT2D eigenvalue weighted by molar-refractivity contribution is 9.10. The summed E-state index contributed by atoms with van der Waals surface area (Å²) >= 11 is 6.64. The van der Waals surface area contributed by atoms with Crippen molar-refractivity contribution < 1.29 is 19.8 Å². The van der Waals surface area contributed by atoms with Crippen molar-refractivity contribution in [2.75, 3.05) is 13.1 Å². The fourth-order valence-corrected chi connectivity index (χ4v) is 3.61. The highest BCUT2D eigenvalue weighted by Gasteiger charge is 2.24. The normalized spacial score (nSPS) is 12.5. The zero-order valence-corrected chi connectivity index (χ0v) is 20.3. The first-order chi connectivity index (χ1) is 14.8. The Morgan fingerprint density at radius 1 is 0.903 bits per heavy atom. The van der Waals surface area contributed by atoms with E-state index in [2.05, 4.69) is 41.8 Å². The molecule has 0 spiro atoms. The predicted octanol–water partition coefficient (Wildman–Crippen LogP) is 5.11. The number of phenols is 2. The van der Waals surface area contributed by atoms with Crippen LogP contribution in [-0.4, -0.2) is 47.3 Å². The number of ketones is 2. The Morgan fingerprint density at radius 2 is 1.35 bits per heavy atom. The molecule has 2 N–H and O–H groups in total. The molecular formula is C23H24Br2N2O4. The second kappa shape index (κ2) is 12.5. The van der Waals surface area contributed by atoms with E-state index in [1.54, 1.807) is 24.3 Å². The molecule has 0 atom stereocenters. The Kier molecular flexibility index (Phi) is 10.1. The van der Waals surface area contributed by atoms with E-state index < -0.39 is 5.92 Å². The standard InChI is InChI=1S/C23H24Br2N2O4/c1-2-3-4-19(22(30)13-26-11-15-9-17(24)5-7-20(15)28)23(31)14-27-12-16-10-18(25)6-8-21(16)29/h5-12,19,28-29H,2-4,13-14H2,1H3. The largest absolute Gasteiger partial charge is 0.507 e. The molecular weight excluding hydrogens is 528 g/mol. The van der Waals surface area contributed by atoms with Crippen molar-refractivity contribution in [3.05, 3.63) is 56.5 Å². The molecule has 2 rings (SSSR count). The van der Waals surface area contributed by atoms with E-state index in [1.807, 2.05) is 6.92 Å². The van der Waals surface area contributed by atoms with E-state index >= 15 is 0 Å². The van der Waals surface area contributed by atoms with E-state index in [9.17, 15) is 19.8 Å². The summed E-state index contributed by atoms with van der Waals surface area (Å²) in [6.45, 7) is 1.69. The van der Waals surface area contributed by atoms with Gasteiger partial charge in [0, 0.05) is 32.5 Å². The summed E-state index contributed by atoms with van der Waals surface area (Å²) in [5, 5.41) is 19.7. The maximum absolute atomic E-state index is 12.7. The Morgan fingerprint density at radius 3 is 1.77 bits per heavy atom. The van der Waals surface area contributed by atoms with Crippen LogP contribution in [0.5, 0.6) is 11.5 Å². The lowest BCUT2D eigenvalue weighted by Crippen LogP contribution is -2.28. The first kappa shape index (κ1) is 24.9. The lowest BCUT2D eigenvalue weighted by atomic mass is 9.92. The summed E-state index contributed by atoms with van der Waals surface area (Å²) in [4.78, 5) is 33.6. The van der Waals surface area contributed by atoms with E-state index in [-0.39, 0.29) is 36.2 Å². The zero-order valence-electron chi connectivity index (χ0n) is 17.1. The molecule has 0 aliphatic heterocycles. The van der Waals surface area contributed by atoms with Gasteiger partial charge in [-0.3, -0.25) is 19.6 Å². The second-order valence-electron chi connectivity index (χ2n) is 6.97. The van der Waals surface area contributed by atoms with Crippen LogP contribution in [0.1, 0.15) is 37.3 Å². The number of carbonyl (C=O) groups is 2. The number of halogens is 2. The van der Waals surface area contributed by atoms with Gasteiger partial charge in [-0.1, -0.05) is 51.6 Å². The van der Waals surface area contributed by atoms with Gasteiger partial charge in [-0.05, 0) is 42.8 Å². The fourth-order valence-electron chi connectivity index (χ4n) is 2.86. The molecule has 0 heterocycles. The third-order valence-electron chi connectivity index (χ3n) is 4.56. The van der Waals surface area contributed by atoms with Crippen LogP contribution in [0, 0.1) is 5.92 Å². The van der Waals surface area contributed by atoms with Crippen molar-refractivity contribution in [3.8, 4) is 11.5 Å². The Bertz CT molecular complexity index is 914. The van der Waals surface area contributed by atoms with Crippen molar-refractivity contribution in [2.24, 2.45) is 15.9 Å². The molecule has 31 heavy (non-hydrogen) atoms. The molecule has 0 aliphatic carbocycles. The van der Waals surface area contributed by atoms with Crippen LogP contribution in [0.3, 0.4) is 0 Å². The van der Waals surface area contributed by atoms with Crippen molar-refractivity contribution in [2.45, 2.75) is 26.2 Å². The molecule has 0 fully saturated rings. The molecule has 0 aromatic heterocycles.